The van der Waals surface area contributed by atoms with E-state index in [4.69, 9.17) is 4.74 Å². The number of nitrogens with one attached hydrogen (secondary N) is 2. The minimum atomic E-state index is -5.10. The summed E-state index contributed by atoms with van der Waals surface area (Å²) in [6.45, 7) is 1.40. The maximum atomic E-state index is 13.0. The molecule has 0 aromatic heterocycles. The molecule has 0 fully saturated rings. The van der Waals surface area contributed by atoms with E-state index in [0.29, 0.717) is 12.1 Å². The number of hydrogen-bond donors (Lipinski definition) is 2. The highest BCUT2D eigenvalue weighted by atomic mass is 32.2. The second-order valence-corrected chi connectivity index (χ2v) is 8.18. The number of rotatable bonds is 6. The molecule has 2 aromatic rings. The van der Waals surface area contributed by atoms with Crippen molar-refractivity contribution in [1.29, 1.82) is 0 Å². The Labute approximate surface area is 173 Å². The number of hydrogen-bond acceptors (Lipinski definition) is 4. The number of benzene rings is 2. The SMILES string of the molecule is CCS(=O)(=O)Nc1ccc(NC(=O)c2cc(C(F)(F)F)cc(C(F)(F)F)c2)cc1OC. The van der Waals surface area contributed by atoms with E-state index in [9.17, 15) is 39.6 Å². The number of sulfonamides is 1. The van der Waals surface area contributed by atoms with Crippen molar-refractivity contribution in [3.05, 3.63) is 53.1 Å². The fourth-order valence-electron chi connectivity index (χ4n) is 2.38. The van der Waals surface area contributed by atoms with Gasteiger partial charge in [0.1, 0.15) is 5.75 Å². The Hall–Kier alpha value is -2.96. The highest BCUT2D eigenvalue weighted by molar-refractivity contribution is 7.92. The molecule has 13 heteroatoms. The Morgan fingerprint density at radius 3 is 1.97 bits per heavy atom. The predicted molar refractivity (Wildman–Crippen MR) is 100 cm³/mol. The molecule has 0 aliphatic rings. The largest absolute Gasteiger partial charge is 0.494 e. The maximum Gasteiger partial charge on any atom is 0.416 e. The Morgan fingerprint density at radius 1 is 0.968 bits per heavy atom. The van der Waals surface area contributed by atoms with E-state index >= 15 is 0 Å². The Bertz CT molecular complexity index is 1050. The number of carbonyl (C=O) groups excluding carboxylic acids is 1. The summed E-state index contributed by atoms with van der Waals surface area (Å²) in [5.41, 5.74) is -4.14. The van der Waals surface area contributed by atoms with Crippen LogP contribution in [0.4, 0.5) is 37.7 Å². The molecule has 2 rings (SSSR count). The van der Waals surface area contributed by atoms with Crippen LogP contribution < -0.4 is 14.8 Å². The fraction of sp³-hybridized carbons (Fsp3) is 0.278. The molecule has 2 aromatic carbocycles. The summed E-state index contributed by atoms with van der Waals surface area (Å²) in [6.07, 6.45) is -10.2. The van der Waals surface area contributed by atoms with Gasteiger partial charge in [0.25, 0.3) is 5.91 Å². The summed E-state index contributed by atoms with van der Waals surface area (Å²) in [7, 11) is -2.45. The van der Waals surface area contributed by atoms with Crippen molar-refractivity contribution in [1.82, 2.24) is 0 Å². The van der Waals surface area contributed by atoms with Gasteiger partial charge in [0.05, 0.1) is 29.7 Å². The van der Waals surface area contributed by atoms with E-state index in [1.165, 1.54) is 26.2 Å². The van der Waals surface area contributed by atoms with Crippen molar-refractivity contribution in [2.24, 2.45) is 0 Å². The van der Waals surface area contributed by atoms with Crippen molar-refractivity contribution in [3.8, 4) is 5.75 Å². The van der Waals surface area contributed by atoms with E-state index in [1.54, 1.807) is 0 Å². The zero-order valence-electron chi connectivity index (χ0n) is 16.0. The molecule has 170 valence electrons. The van der Waals surface area contributed by atoms with Gasteiger partial charge in [-0.3, -0.25) is 9.52 Å². The molecular formula is C18H16F6N2O4S. The summed E-state index contributed by atoms with van der Waals surface area (Å²) >= 11 is 0. The van der Waals surface area contributed by atoms with Crippen LogP contribution in [-0.4, -0.2) is 27.2 Å². The number of alkyl halides is 6. The summed E-state index contributed by atoms with van der Waals surface area (Å²) < 4.78 is 108. The molecule has 0 bridgehead atoms. The zero-order valence-corrected chi connectivity index (χ0v) is 16.8. The van der Waals surface area contributed by atoms with Crippen LogP contribution in [0, 0.1) is 0 Å². The van der Waals surface area contributed by atoms with Crippen LogP contribution in [0.15, 0.2) is 36.4 Å². The number of amides is 1. The van der Waals surface area contributed by atoms with E-state index in [0.717, 1.165) is 6.07 Å². The quantitative estimate of drug-likeness (QED) is 0.597. The minimum Gasteiger partial charge on any atom is -0.494 e. The summed E-state index contributed by atoms with van der Waals surface area (Å²) in [6, 6.07) is 4.08. The van der Waals surface area contributed by atoms with Gasteiger partial charge in [0, 0.05) is 17.3 Å². The molecule has 0 radical (unpaired) electrons. The molecule has 6 nitrogen and oxygen atoms in total. The topological polar surface area (TPSA) is 84.5 Å². The first-order chi connectivity index (χ1) is 14.2. The Kier molecular flexibility index (Phi) is 6.78. The highest BCUT2D eigenvalue weighted by Crippen LogP contribution is 2.36. The van der Waals surface area contributed by atoms with Crippen LogP contribution >= 0.6 is 0 Å². The first-order valence-electron chi connectivity index (χ1n) is 8.45. The number of anilines is 2. The lowest BCUT2D eigenvalue weighted by molar-refractivity contribution is -0.143. The monoisotopic (exact) mass is 470 g/mol. The van der Waals surface area contributed by atoms with Gasteiger partial charge < -0.3 is 10.1 Å². The van der Waals surface area contributed by atoms with Gasteiger partial charge in [-0.1, -0.05) is 0 Å². The van der Waals surface area contributed by atoms with Crippen LogP contribution in [-0.2, 0) is 22.4 Å². The number of carbonyl (C=O) groups is 1. The summed E-state index contributed by atoms with van der Waals surface area (Å²) in [4.78, 5) is 12.3. The average Bonchev–Trinajstić information content (AvgIpc) is 2.67. The zero-order chi connectivity index (χ0) is 23.6. The molecule has 0 spiro atoms. The Balaban J connectivity index is 2.39. The van der Waals surface area contributed by atoms with Crippen molar-refractivity contribution >= 4 is 27.3 Å². The van der Waals surface area contributed by atoms with Crippen LogP contribution in [0.1, 0.15) is 28.4 Å². The second kappa shape index (κ2) is 8.65. The van der Waals surface area contributed by atoms with E-state index in [-0.39, 0.29) is 28.9 Å². The second-order valence-electron chi connectivity index (χ2n) is 6.17. The molecule has 0 unspecified atom stereocenters. The smallest absolute Gasteiger partial charge is 0.416 e. The van der Waals surface area contributed by atoms with E-state index in [2.05, 4.69) is 10.0 Å². The first kappa shape index (κ1) is 24.3. The fourth-order valence-corrected chi connectivity index (χ4v) is 3.03. The van der Waals surface area contributed by atoms with Gasteiger partial charge in [-0.05, 0) is 37.3 Å². The third-order valence-corrected chi connectivity index (χ3v) is 5.25. The van der Waals surface area contributed by atoms with Gasteiger partial charge >= 0.3 is 12.4 Å². The molecule has 31 heavy (non-hydrogen) atoms. The van der Waals surface area contributed by atoms with Crippen molar-refractivity contribution in [2.75, 3.05) is 22.9 Å². The summed E-state index contributed by atoms with van der Waals surface area (Å²) in [5.74, 6) is -1.50. The van der Waals surface area contributed by atoms with Crippen LogP contribution in [0.2, 0.25) is 0 Å². The third kappa shape index (κ3) is 6.26. The first-order valence-corrected chi connectivity index (χ1v) is 10.1. The normalized spacial score (nSPS) is 12.4. The van der Waals surface area contributed by atoms with Crippen LogP contribution in [0.25, 0.3) is 0 Å². The molecule has 0 saturated heterocycles. The lowest BCUT2D eigenvalue weighted by Crippen LogP contribution is -2.17. The number of methoxy groups -OCH3 is 1. The predicted octanol–water partition coefficient (Wildman–Crippen LogP) is 4.75. The van der Waals surface area contributed by atoms with Gasteiger partial charge in [0.2, 0.25) is 10.0 Å². The summed E-state index contributed by atoms with van der Waals surface area (Å²) in [5, 5.41) is 2.16. The minimum absolute atomic E-state index is 0.0285. The standard InChI is InChI=1S/C18H16F6N2O4S/c1-3-31(28,29)26-14-5-4-13(9-15(14)30-2)25-16(27)10-6-11(17(19,20)21)8-12(7-10)18(22,23)24/h4-9,26H,3H2,1-2H3,(H,25,27). The van der Waals surface area contributed by atoms with E-state index < -0.39 is 45.0 Å². The lowest BCUT2D eigenvalue weighted by Gasteiger charge is -2.15. The molecule has 2 N–H and O–H groups in total. The van der Waals surface area contributed by atoms with Gasteiger partial charge in [-0.15, -0.1) is 0 Å². The molecular weight excluding hydrogens is 454 g/mol. The molecule has 1 amide bonds. The average molecular weight is 470 g/mol. The Morgan fingerprint density at radius 2 is 1.52 bits per heavy atom. The number of halogens is 6. The molecule has 0 heterocycles. The van der Waals surface area contributed by atoms with Crippen LogP contribution in [0.5, 0.6) is 5.75 Å². The molecule has 0 saturated carbocycles. The van der Waals surface area contributed by atoms with Gasteiger partial charge in [-0.25, -0.2) is 8.42 Å². The van der Waals surface area contributed by atoms with Crippen LogP contribution in [0.3, 0.4) is 0 Å². The van der Waals surface area contributed by atoms with E-state index in [1.807, 2.05) is 0 Å². The van der Waals surface area contributed by atoms with Crippen molar-refractivity contribution in [2.45, 2.75) is 19.3 Å². The van der Waals surface area contributed by atoms with Gasteiger partial charge in [-0.2, -0.15) is 26.3 Å². The number of ether oxygens (including phenoxy) is 1. The maximum absolute atomic E-state index is 13.0. The molecule has 0 atom stereocenters. The van der Waals surface area contributed by atoms with Crippen molar-refractivity contribution < 1.29 is 44.3 Å². The lowest BCUT2D eigenvalue weighted by atomic mass is 10.0. The highest BCUT2D eigenvalue weighted by Gasteiger charge is 2.37. The van der Waals surface area contributed by atoms with Crippen molar-refractivity contribution in [3.63, 3.8) is 0 Å². The third-order valence-electron chi connectivity index (χ3n) is 3.95. The van der Waals surface area contributed by atoms with Gasteiger partial charge in [0.15, 0.2) is 0 Å². The molecule has 0 aliphatic carbocycles. The molecule has 0 aliphatic heterocycles.